The van der Waals surface area contributed by atoms with Crippen LogP contribution in [0.15, 0.2) is 0 Å². The molecule has 3 fully saturated rings. The Bertz CT molecular complexity index is 317. The lowest BCUT2D eigenvalue weighted by molar-refractivity contribution is -0.137. The van der Waals surface area contributed by atoms with Crippen LogP contribution >= 0.6 is 12.4 Å². The van der Waals surface area contributed by atoms with Gasteiger partial charge < -0.3 is 10.2 Å². The first-order valence-corrected chi connectivity index (χ1v) is 8.85. The molecular formula is C17H31ClN2O. The van der Waals surface area contributed by atoms with E-state index in [1.165, 1.54) is 45.1 Å². The fraction of sp³-hybridized carbons (Fsp3) is 0.941. The second kappa shape index (κ2) is 8.38. The smallest absolute Gasteiger partial charge is 0.225 e. The summed E-state index contributed by atoms with van der Waals surface area (Å²) in [6.45, 7) is 3.18. The molecule has 2 saturated carbocycles. The number of nitrogens with zero attached hydrogens (tertiary/aromatic N) is 1. The Morgan fingerprint density at radius 2 is 1.52 bits per heavy atom. The summed E-state index contributed by atoms with van der Waals surface area (Å²) in [4.78, 5) is 14.8. The maximum absolute atomic E-state index is 12.6. The predicted molar refractivity (Wildman–Crippen MR) is 88.8 cm³/mol. The summed E-state index contributed by atoms with van der Waals surface area (Å²) in [5.41, 5.74) is 0. The lowest BCUT2D eigenvalue weighted by Crippen LogP contribution is -2.47. The molecule has 1 heterocycles. The van der Waals surface area contributed by atoms with Crippen molar-refractivity contribution in [3.05, 3.63) is 0 Å². The molecule has 1 N–H and O–H groups in total. The summed E-state index contributed by atoms with van der Waals surface area (Å²) in [5, 5.41) is 3.69. The van der Waals surface area contributed by atoms with E-state index < -0.39 is 0 Å². The van der Waals surface area contributed by atoms with Crippen molar-refractivity contribution in [2.75, 3.05) is 19.6 Å². The first-order valence-electron chi connectivity index (χ1n) is 8.85. The first-order chi connectivity index (χ1) is 9.83. The van der Waals surface area contributed by atoms with E-state index in [9.17, 15) is 4.79 Å². The van der Waals surface area contributed by atoms with Gasteiger partial charge in [-0.25, -0.2) is 0 Å². The molecular weight excluding hydrogens is 284 g/mol. The normalized spacial score (nSPS) is 25.2. The molecule has 3 nitrogen and oxygen atoms in total. The fourth-order valence-electron chi connectivity index (χ4n) is 3.74. The van der Waals surface area contributed by atoms with E-state index in [1.54, 1.807) is 0 Å². The molecule has 1 saturated heterocycles. The van der Waals surface area contributed by atoms with Crippen LogP contribution < -0.4 is 5.32 Å². The number of halogens is 1. The van der Waals surface area contributed by atoms with Crippen molar-refractivity contribution in [3.8, 4) is 0 Å². The highest BCUT2D eigenvalue weighted by molar-refractivity contribution is 5.85. The SMILES string of the molecule is Cl.O=C(C1CCCCCC1)N1CCC(NCC2CC2)CC1. The number of amides is 1. The van der Waals surface area contributed by atoms with Gasteiger partial charge >= 0.3 is 0 Å². The van der Waals surface area contributed by atoms with E-state index in [-0.39, 0.29) is 12.4 Å². The van der Waals surface area contributed by atoms with Crippen LogP contribution in [0.1, 0.15) is 64.2 Å². The molecule has 122 valence electrons. The van der Waals surface area contributed by atoms with Gasteiger partial charge in [-0.3, -0.25) is 4.79 Å². The molecule has 0 atom stereocenters. The monoisotopic (exact) mass is 314 g/mol. The predicted octanol–water partition coefficient (Wildman–Crippen LogP) is 3.37. The molecule has 0 radical (unpaired) electrons. The first kappa shape index (κ1) is 17.1. The number of hydrogen-bond donors (Lipinski definition) is 1. The van der Waals surface area contributed by atoms with Crippen LogP contribution in [0.2, 0.25) is 0 Å². The Labute approximate surface area is 135 Å². The van der Waals surface area contributed by atoms with E-state index in [1.807, 2.05) is 0 Å². The number of carbonyl (C=O) groups excluding carboxylic acids is 1. The minimum absolute atomic E-state index is 0. The third-order valence-electron chi connectivity index (χ3n) is 5.40. The van der Waals surface area contributed by atoms with Gasteiger partial charge in [0.25, 0.3) is 0 Å². The van der Waals surface area contributed by atoms with Crippen LogP contribution in [0.25, 0.3) is 0 Å². The van der Waals surface area contributed by atoms with Gasteiger partial charge in [-0.15, -0.1) is 12.4 Å². The van der Waals surface area contributed by atoms with Gasteiger partial charge in [-0.1, -0.05) is 25.7 Å². The van der Waals surface area contributed by atoms with Gasteiger partial charge in [0.05, 0.1) is 0 Å². The van der Waals surface area contributed by atoms with Crippen LogP contribution in [-0.2, 0) is 4.79 Å². The molecule has 1 aliphatic heterocycles. The maximum Gasteiger partial charge on any atom is 0.225 e. The number of likely N-dealkylation sites (tertiary alicyclic amines) is 1. The van der Waals surface area contributed by atoms with Gasteiger partial charge in [-0.2, -0.15) is 0 Å². The molecule has 21 heavy (non-hydrogen) atoms. The Kier molecular flexibility index (Phi) is 6.81. The van der Waals surface area contributed by atoms with Gasteiger partial charge in [0.1, 0.15) is 0 Å². The zero-order chi connectivity index (χ0) is 13.8. The van der Waals surface area contributed by atoms with Gasteiger partial charge in [0, 0.05) is 25.0 Å². The quantitative estimate of drug-likeness (QED) is 0.807. The average Bonchev–Trinajstić information content (AvgIpc) is 3.31. The molecule has 0 aromatic rings. The Balaban J connectivity index is 0.00000161. The van der Waals surface area contributed by atoms with Crippen molar-refractivity contribution >= 4 is 18.3 Å². The second-order valence-corrected chi connectivity index (χ2v) is 7.14. The molecule has 0 spiro atoms. The molecule has 0 aromatic carbocycles. The largest absolute Gasteiger partial charge is 0.342 e. The van der Waals surface area contributed by atoms with Crippen molar-refractivity contribution in [1.82, 2.24) is 10.2 Å². The van der Waals surface area contributed by atoms with E-state index in [4.69, 9.17) is 0 Å². The van der Waals surface area contributed by atoms with Crippen molar-refractivity contribution in [2.24, 2.45) is 11.8 Å². The van der Waals surface area contributed by atoms with Gasteiger partial charge in [-0.05, 0) is 51.0 Å². The fourth-order valence-corrected chi connectivity index (χ4v) is 3.74. The van der Waals surface area contributed by atoms with Crippen LogP contribution in [-0.4, -0.2) is 36.5 Å². The number of hydrogen-bond acceptors (Lipinski definition) is 2. The van der Waals surface area contributed by atoms with Crippen molar-refractivity contribution in [2.45, 2.75) is 70.3 Å². The molecule has 2 aliphatic carbocycles. The summed E-state index contributed by atoms with van der Waals surface area (Å²) < 4.78 is 0. The zero-order valence-corrected chi connectivity index (χ0v) is 14.0. The third-order valence-corrected chi connectivity index (χ3v) is 5.40. The minimum Gasteiger partial charge on any atom is -0.342 e. The number of rotatable bonds is 4. The highest BCUT2D eigenvalue weighted by Crippen LogP contribution is 2.28. The molecule has 0 bridgehead atoms. The summed E-state index contributed by atoms with van der Waals surface area (Å²) in [6.07, 6.45) is 12.6. The maximum atomic E-state index is 12.6. The molecule has 3 rings (SSSR count). The average molecular weight is 315 g/mol. The zero-order valence-electron chi connectivity index (χ0n) is 13.2. The summed E-state index contributed by atoms with van der Waals surface area (Å²) >= 11 is 0. The van der Waals surface area contributed by atoms with E-state index in [0.29, 0.717) is 17.9 Å². The minimum atomic E-state index is 0. The van der Waals surface area contributed by atoms with Crippen LogP contribution in [0.5, 0.6) is 0 Å². The molecule has 4 heteroatoms. The lowest BCUT2D eigenvalue weighted by atomic mass is 9.96. The molecule has 3 aliphatic rings. The summed E-state index contributed by atoms with van der Waals surface area (Å²) in [7, 11) is 0. The van der Waals surface area contributed by atoms with Crippen LogP contribution in [0.4, 0.5) is 0 Å². The van der Waals surface area contributed by atoms with Crippen molar-refractivity contribution < 1.29 is 4.79 Å². The highest BCUT2D eigenvalue weighted by atomic mass is 35.5. The lowest BCUT2D eigenvalue weighted by Gasteiger charge is -2.34. The highest BCUT2D eigenvalue weighted by Gasteiger charge is 2.29. The van der Waals surface area contributed by atoms with E-state index in [0.717, 1.165) is 44.7 Å². The van der Waals surface area contributed by atoms with Gasteiger partial charge in [0.15, 0.2) is 0 Å². The molecule has 0 aromatic heterocycles. The molecule has 1 amide bonds. The summed E-state index contributed by atoms with van der Waals surface area (Å²) in [6, 6.07) is 0.661. The van der Waals surface area contributed by atoms with E-state index in [2.05, 4.69) is 10.2 Å². The Morgan fingerprint density at radius 3 is 2.10 bits per heavy atom. The number of carbonyl (C=O) groups is 1. The molecule has 0 unspecified atom stereocenters. The topological polar surface area (TPSA) is 32.3 Å². The van der Waals surface area contributed by atoms with Gasteiger partial charge in [0.2, 0.25) is 5.91 Å². The Morgan fingerprint density at radius 1 is 0.905 bits per heavy atom. The third kappa shape index (κ3) is 5.14. The number of piperidine rings is 1. The van der Waals surface area contributed by atoms with E-state index >= 15 is 0 Å². The van der Waals surface area contributed by atoms with Crippen LogP contribution in [0.3, 0.4) is 0 Å². The van der Waals surface area contributed by atoms with Crippen molar-refractivity contribution in [3.63, 3.8) is 0 Å². The van der Waals surface area contributed by atoms with Crippen molar-refractivity contribution in [1.29, 1.82) is 0 Å². The number of nitrogens with one attached hydrogen (secondary N) is 1. The van der Waals surface area contributed by atoms with Crippen LogP contribution in [0, 0.1) is 11.8 Å². The Hall–Kier alpha value is -0.280. The second-order valence-electron chi connectivity index (χ2n) is 7.14. The standard InChI is InChI=1S/C17H30N2O.ClH/c20-17(15-5-3-1-2-4-6-15)19-11-9-16(10-12-19)18-13-14-7-8-14;/h14-16,18H,1-13H2;1H. The summed E-state index contributed by atoms with van der Waals surface area (Å²) in [5.74, 6) is 1.77.